The zero-order valence-corrected chi connectivity index (χ0v) is 22.2. The molecule has 6 rings (SSSR count). The standard InChI is InChI=1S/C26H28N2O7S2/c1-4-35-14-7-10(5-6-13(14)29)15-16-11-8-12(20(16)36-22-21(15)37-26(34)27-22)18-17(11)23(30)28(24(18)31)19(9(2)3)25(32)33/h5-7,9,11-12,15-20,29H,4,8H2,1-3H3,(H,27,34)(H,32,33)/t11-,12+,15+,16-,17+,18-,19+,20-/m1/s1. The number of carboxylic acid groups (broad SMARTS) is 1. The van der Waals surface area contributed by atoms with Crippen LogP contribution in [0.5, 0.6) is 11.5 Å². The molecule has 2 amide bonds. The van der Waals surface area contributed by atoms with Gasteiger partial charge in [-0.15, -0.1) is 11.8 Å². The number of amides is 2. The summed E-state index contributed by atoms with van der Waals surface area (Å²) in [5.41, 5.74) is 0.886. The molecular weight excluding hydrogens is 516 g/mol. The molecular formula is C26H28N2O7S2. The van der Waals surface area contributed by atoms with Crippen LogP contribution in [-0.2, 0) is 14.4 Å². The lowest BCUT2D eigenvalue weighted by atomic mass is 9.68. The van der Waals surface area contributed by atoms with Crippen LogP contribution in [0.25, 0.3) is 0 Å². The quantitative estimate of drug-likeness (QED) is 0.472. The molecule has 2 bridgehead atoms. The Morgan fingerprint density at radius 2 is 1.89 bits per heavy atom. The van der Waals surface area contributed by atoms with Gasteiger partial charge in [0.2, 0.25) is 11.8 Å². The predicted molar refractivity (Wildman–Crippen MR) is 136 cm³/mol. The van der Waals surface area contributed by atoms with E-state index in [1.165, 1.54) is 0 Å². The monoisotopic (exact) mass is 544 g/mol. The van der Waals surface area contributed by atoms with Gasteiger partial charge in [-0.3, -0.25) is 19.3 Å². The number of aromatic hydroxyl groups is 1. The Morgan fingerprint density at radius 1 is 1.19 bits per heavy atom. The van der Waals surface area contributed by atoms with Crippen molar-refractivity contribution in [3.05, 3.63) is 38.3 Å². The lowest BCUT2D eigenvalue weighted by molar-refractivity contribution is -0.157. The molecule has 8 atom stereocenters. The van der Waals surface area contributed by atoms with Crippen LogP contribution in [0, 0.1) is 35.5 Å². The Morgan fingerprint density at radius 3 is 2.54 bits per heavy atom. The number of benzene rings is 1. The summed E-state index contributed by atoms with van der Waals surface area (Å²) in [5.74, 6) is -3.44. The van der Waals surface area contributed by atoms with Crippen LogP contribution < -0.4 is 9.61 Å². The first-order valence-corrected chi connectivity index (χ1v) is 14.3. The number of carbonyl (C=O) groups excluding carboxylic acids is 2. The molecule has 11 heteroatoms. The van der Waals surface area contributed by atoms with Crippen molar-refractivity contribution >= 4 is 40.9 Å². The SMILES string of the molecule is CCOc1cc([C@@H]2c3sc(=O)[nH]c3S[C@@H]3[C@H]4C[C@@H]([C@@H]5C(=O)N([C@H](C(=O)O)C(C)C)C(=O)[C@H]45)[C@H]23)ccc1O. The van der Waals surface area contributed by atoms with E-state index in [1.54, 1.807) is 37.7 Å². The molecule has 3 fully saturated rings. The lowest BCUT2D eigenvalue weighted by Crippen LogP contribution is -2.49. The van der Waals surface area contributed by atoms with E-state index in [-0.39, 0.29) is 51.4 Å². The highest BCUT2D eigenvalue weighted by atomic mass is 32.2. The smallest absolute Gasteiger partial charge is 0.327 e. The molecule has 1 aromatic heterocycles. The van der Waals surface area contributed by atoms with Crippen LogP contribution >= 0.6 is 23.1 Å². The highest BCUT2D eigenvalue weighted by molar-refractivity contribution is 8.00. The largest absolute Gasteiger partial charge is 0.504 e. The average Bonchev–Trinajstić information content (AvgIpc) is 3.56. The predicted octanol–water partition coefficient (Wildman–Crippen LogP) is 3.12. The van der Waals surface area contributed by atoms with Gasteiger partial charge in [0.05, 0.1) is 23.5 Å². The van der Waals surface area contributed by atoms with Crippen LogP contribution in [0.3, 0.4) is 0 Å². The zero-order chi connectivity index (χ0) is 26.3. The maximum absolute atomic E-state index is 13.7. The summed E-state index contributed by atoms with van der Waals surface area (Å²) in [6, 6.07) is 4.05. The van der Waals surface area contributed by atoms with Crippen LogP contribution in [0.2, 0.25) is 0 Å². The first kappa shape index (κ1) is 24.5. The van der Waals surface area contributed by atoms with E-state index >= 15 is 0 Å². The molecule has 9 nitrogen and oxygen atoms in total. The number of aromatic nitrogens is 1. The number of thioether (sulfide) groups is 1. The summed E-state index contributed by atoms with van der Waals surface area (Å²) in [4.78, 5) is 56.5. The first-order chi connectivity index (χ1) is 17.6. The van der Waals surface area contributed by atoms with Gasteiger partial charge in [0.1, 0.15) is 6.04 Å². The number of nitrogens with zero attached hydrogens (tertiary/aromatic N) is 1. The highest BCUT2D eigenvalue weighted by Crippen LogP contribution is 2.68. The summed E-state index contributed by atoms with van der Waals surface area (Å²) in [6.45, 7) is 5.64. The van der Waals surface area contributed by atoms with Crippen molar-refractivity contribution in [3.8, 4) is 11.5 Å². The van der Waals surface area contributed by atoms with Gasteiger partial charge >= 0.3 is 10.8 Å². The molecule has 0 spiro atoms. The number of aromatic amines is 1. The number of fused-ring (bicyclic) bond motifs is 9. The molecule has 3 N–H and O–H groups in total. The van der Waals surface area contributed by atoms with E-state index in [1.807, 2.05) is 13.0 Å². The molecule has 1 saturated heterocycles. The fourth-order valence-electron chi connectivity index (χ4n) is 7.38. The number of aliphatic carboxylic acids is 1. The van der Waals surface area contributed by atoms with Gasteiger partial charge in [-0.25, -0.2) is 4.79 Å². The van der Waals surface area contributed by atoms with Crippen molar-refractivity contribution < 1.29 is 29.3 Å². The summed E-state index contributed by atoms with van der Waals surface area (Å²) in [7, 11) is 0. The van der Waals surface area contributed by atoms with Crippen LogP contribution in [0.4, 0.5) is 0 Å². The Labute approximate surface area is 221 Å². The number of imide groups is 1. The van der Waals surface area contributed by atoms with Gasteiger partial charge in [-0.05, 0) is 54.7 Å². The number of thiazole rings is 1. The van der Waals surface area contributed by atoms with Crippen molar-refractivity contribution in [2.45, 2.75) is 49.4 Å². The van der Waals surface area contributed by atoms with Gasteiger partial charge < -0.3 is 19.9 Å². The zero-order valence-electron chi connectivity index (χ0n) is 20.5. The lowest BCUT2D eigenvalue weighted by Gasteiger charge is -2.43. The molecule has 0 unspecified atom stereocenters. The van der Waals surface area contributed by atoms with E-state index in [0.717, 1.165) is 31.7 Å². The van der Waals surface area contributed by atoms with Crippen molar-refractivity contribution in [1.29, 1.82) is 0 Å². The highest BCUT2D eigenvalue weighted by Gasteiger charge is 2.70. The van der Waals surface area contributed by atoms with Crippen molar-refractivity contribution in [3.63, 3.8) is 0 Å². The van der Waals surface area contributed by atoms with E-state index in [4.69, 9.17) is 4.74 Å². The number of carbonyl (C=O) groups is 3. The van der Waals surface area contributed by atoms with Gasteiger partial charge in [0.25, 0.3) is 0 Å². The van der Waals surface area contributed by atoms with Crippen molar-refractivity contribution in [2.75, 3.05) is 6.61 Å². The van der Waals surface area contributed by atoms with E-state index in [0.29, 0.717) is 18.8 Å². The van der Waals surface area contributed by atoms with Gasteiger partial charge in [0.15, 0.2) is 11.5 Å². The maximum atomic E-state index is 13.7. The van der Waals surface area contributed by atoms with Crippen LogP contribution in [0.1, 0.15) is 43.6 Å². The second kappa shape index (κ2) is 8.62. The van der Waals surface area contributed by atoms with E-state index in [2.05, 4.69) is 4.98 Å². The third-order valence-corrected chi connectivity index (χ3v) is 11.2. The number of ether oxygens (including phenoxy) is 1. The summed E-state index contributed by atoms with van der Waals surface area (Å²) in [5, 5.41) is 20.9. The number of hydrogen-bond acceptors (Lipinski definition) is 8. The first-order valence-electron chi connectivity index (χ1n) is 12.6. The van der Waals surface area contributed by atoms with Crippen molar-refractivity contribution in [2.24, 2.45) is 35.5 Å². The minimum atomic E-state index is -1.18. The number of phenolic OH excluding ortho intramolecular Hbond substituents is 1. The number of rotatable bonds is 6. The van der Waals surface area contributed by atoms with Crippen LogP contribution in [0.15, 0.2) is 28.0 Å². The Kier molecular flexibility index (Phi) is 5.72. The molecule has 2 aliphatic carbocycles. The Bertz CT molecular complexity index is 1370. The maximum Gasteiger partial charge on any atom is 0.327 e. The molecule has 3 heterocycles. The summed E-state index contributed by atoms with van der Waals surface area (Å²) in [6.07, 6.45) is 0.717. The van der Waals surface area contributed by atoms with E-state index in [9.17, 15) is 29.4 Å². The van der Waals surface area contributed by atoms with Gasteiger partial charge in [-0.1, -0.05) is 31.3 Å². The second-order valence-corrected chi connectivity index (χ2v) is 12.9. The van der Waals surface area contributed by atoms with Gasteiger partial charge in [-0.2, -0.15) is 0 Å². The fourth-order valence-corrected chi connectivity index (χ4v) is 10.3. The Hall–Kier alpha value is -2.79. The molecule has 2 saturated carbocycles. The number of likely N-dealkylation sites (tertiary alicyclic amines) is 1. The molecule has 0 radical (unpaired) electrons. The topological polar surface area (TPSA) is 137 Å². The molecule has 1 aromatic carbocycles. The summed E-state index contributed by atoms with van der Waals surface area (Å²) >= 11 is 2.74. The van der Waals surface area contributed by atoms with Crippen LogP contribution in [-0.4, -0.2) is 55.8 Å². The Balaban J connectivity index is 1.44. The minimum absolute atomic E-state index is 0.00243. The second-order valence-electron chi connectivity index (χ2n) is 10.7. The molecule has 4 aliphatic rings. The van der Waals surface area contributed by atoms with Gasteiger partial charge in [0, 0.05) is 16.0 Å². The number of H-pyrrole nitrogens is 1. The minimum Gasteiger partial charge on any atom is -0.504 e. The fraction of sp³-hybridized carbons (Fsp3) is 0.538. The van der Waals surface area contributed by atoms with Crippen molar-refractivity contribution in [1.82, 2.24) is 9.88 Å². The van der Waals surface area contributed by atoms with E-state index < -0.39 is 29.8 Å². The normalized spacial score (nSPS) is 32.4. The number of hydrogen-bond donors (Lipinski definition) is 3. The number of carboxylic acids is 1. The third-order valence-electron chi connectivity index (χ3n) is 8.56. The molecule has 2 aliphatic heterocycles. The molecule has 2 aromatic rings. The number of phenols is 1. The third kappa shape index (κ3) is 3.42. The average molecular weight is 545 g/mol. The molecule has 37 heavy (non-hydrogen) atoms. The number of nitrogens with one attached hydrogen (secondary N) is 1. The molecule has 196 valence electrons. The summed E-state index contributed by atoms with van der Waals surface area (Å²) < 4.78 is 5.64.